The predicted molar refractivity (Wildman–Crippen MR) is 69.5 cm³/mol. The number of carbonyl (C=O) groups is 1. The maximum absolute atomic E-state index is 11.4. The van der Waals surface area contributed by atoms with Crippen LogP contribution in [0.5, 0.6) is 0 Å². The van der Waals surface area contributed by atoms with Crippen LogP contribution in [0, 0.1) is 5.92 Å². The van der Waals surface area contributed by atoms with E-state index in [0.717, 1.165) is 18.4 Å². The Morgan fingerprint density at radius 1 is 1.41 bits per heavy atom. The van der Waals surface area contributed by atoms with Gasteiger partial charge in [0.1, 0.15) is 0 Å². The van der Waals surface area contributed by atoms with E-state index < -0.39 is 0 Å². The minimum absolute atomic E-state index is 0.0255. The molecule has 1 aromatic rings. The third-order valence-electron chi connectivity index (χ3n) is 2.60. The highest BCUT2D eigenvalue weighted by molar-refractivity contribution is 6.36. The molecule has 1 fully saturated rings. The fourth-order valence-electron chi connectivity index (χ4n) is 1.41. The van der Waals surface area contributed by atoms with Crippen LogP contribution in [0.15, 0.2) is 23.3 Å². The van der Waals surface area contributed by atoms with E-state index in [-0.39, 0.29) is 11.8 Å². The van der Waals surface area contributed by atoms with Crippen molar-refractivity contribution in [3.05, 3.63) is 33.8 Å². The predicted octanol–water partition coefficient (Wildman–Crippen LogP) is 3.24. The van der Waals surface area contributed by atoms with Crippen LogP contribution in [0.4, 0.5) is 0 Å². The number of hydrazone groups is 1. The quantitative estimate of drug-likeness (QED) is 0.665. The van der Waals surface area contributed by atoms with E-state index in [1.807, 2.05) is 0 Å². The average Bonchev–Trinajstić information content (AvgIpc) is 3.12. The number of nitrogens with one attached hydrogen (secondary N) is 1. The molecule has 2 rings (SSSR count). The van der Waals surface area contributed by atoms with Crippen LogP contribution in [-0.4, -0.2) is 11.6 Å². The summed E-state index contributed by atoms with van der Waals surface area (Å²) in [5, 5.41) is 5.19. The summed E-state index contributed by atoms with van der Waals surface area (Å²) < 4.78 is 0. The number of halogens is 2. The lowest BCUT2D eigenvalue weighted by Gasteiger charge is -2.05. The molecule has 1 aliphatic rings. The van der Waals surface area contributed by atoms with Crippen molar-refractivity contribution in [3.63, 3.8) is 0 Å². The van der Waals surface area contributed by atoms with Gasteiger partial charge in [0.25, 0.3) is 0 Å². The molecule has 1 saturated carbocycles. The van der Waals surface area contributed by atoms with Crippen molar-refractivity contribution in [1.29, 1.82) is 0 Å². The molecule has 0 unspecified atom stereocenters. The summed E-state index contributed by atoms with van der Waals surface area (Å²) in [5.41, 5.74) is 3.91. The van der Waals surface area contributed by atoms with Crippen molar-refractivity contribution < 1.29 is 4.79 Å². The molecular weight excluding hydrogens is 259 g/mol. The van der Waals surface area contributed by atoms with Crippen LogP contribution in [-0.2, 0) is 4.79 Å². The van der Waals surface area contributed by atoms with Crippen LogP contribution in [0.1, 0.15) is 25.3 Å². The van der Waals surface area contributed by atoms with Gasteiger partial charge in [-0.1, -0.05) is 23.2 Å². The topological polar surface area (TPSA) is 41.5 Å². The van der Waals surface area contributed by atoms with Crippen molar-refractivity contribution in [2.45, 2.75) is 19.8 Å². The van der Waals surface area contributed by atoms with E-state index >= 15 is 0 Å². The summed E-state index contributed by atoms with van der Waals surface area (Å²) in [6.07, 6.45) is 1.91. The summed E-state index contributed by atoms with van der Waals surface area (Å²) in [5.74, 6) is 0.115. The maximum Gasteiger partial charge on any atom is 0.243 e. The van der Waals surface area contributed by atoms with Gasteiger partial charge in [-0.3, -0.25) is 4.79 Å². The number of hydrogen-bond acceptors (Lipinski definition) is 2. The lowest BCUT2D eigenvalue weighted by atomic mass is 10.1. The van der Waals surface area contributed by atoms with Crippen LogP contribution >= 0.6 is 23.2 Å². The van der Waals surface area contributed by atoms with Crippen LogP contribution in [0.25, 0.3) is 0 Å². The zero-order valence-corrected chi connectivity index (χ0v) is 10.8. The molecule has 0 saturated heterocycles. The second-order valence-electron chi connectivity index (χ2n) is 4.07. The minimum Gasteiger partial charge on any atom is -0.273 e. The van der Waals surface area contributed by atoms with Crippen molar-refractivity contribution in [1.82, 2.24) is 5.43 Å². The molecule has 0 radical (unpaired) electrons. The van der Waals surface area contributed by atoms with Crippen LogP contribution in [0.2, 0.25) is 10.0 Å². The van der Waals surface area contributed by atoms with Gasteiger partial charge in [0, 0.05) is 21.5 Å². The fourth-order valence-corrected chi connectivity index (χ4v) is 1.84. The molecule has 17 heavy (non-hydrogen) atoms. The number of rotatable bonds is 3. The molecular formula is C12H12Cl2N2O. The van der Waals surface area contributed by atoms with Crippen LogP contribution < -0.4 is 5.43 Å². The van der Waals surface area contributed by atoms with E-state index in [2.05, 4.69) is 10.5 Å². The second kappa shape index (κ2) is 5.07. The molecule has 0 bridgehead atoms. The summed E-state index contributed by atoms with van der Waals surface area (Å²) >= 11 is 11.9. The zero-order chi connectivity index (χ0) is 12.4. The third-order valence-corrected chi connectivity index (χ3v) is 3.16. The molecule has 0 atom stereocenters. The van der Waals surface area contributed by atoms with Gasteiger partial charge >= 0.3 is 0 Å². The molecule has 0 heterocycles. The molecule has 0 aromatic heterocycles. The molecule has 1 N–H and O–H groups in total. The van der Waals surface area contributed by atoms with E-state index in [1.165, 1.54) is 0 Å². The minimum atomic E-state index is -0.0255. The van der Waals surface area contributed by atoms with Gasteiger partial charge in [-0.25, -0.2) is 5.43 Å². The van der Waals surface area contributed by atoms with E-state index in [9.17, 15) is 4.79 Å². The molecule has 3 nitrogen and oxygen atoms in total. The van der Waals surface area contributed by atoms with Gasteiger partial charge in [0.05, 0.1) is 5.71 Å². The Balaban J connectivity index is 2.11. The normalized spacial score (nSPS) is 15.8. The summed E-state index contributed by atoms with van der Waals surface area (Å²) in [7, 11) is 0. The Labute approximate surface area is 110 Å². The van der Waals surface area contributed by atoms with Gasteiger partial charge < -0.3 is 0 Å². The maximum atomic E-state index is 11.4. The molecule has 1 aliphatic carbocycles. The first-order valence-electron chi connectivity index (χ1n) is 5.37. The Morgan fingerprint density at radius 2 is 2.12 bits per heavy atom. The van der Waals surface area contributed by atoms with Gasteiger partial charge in [-0.15, -0.1) is 0 Å². The Morgan fingerprint density at radius 3 is 2.76 bits per heavy atom. The number of amides is 1. The van der Waals surface area contributed by atoms with Crippen molar-refractivity contribution in [2.24, 2.45) is 11.0 Å². The molecule has 0 aliphatic heterocycles. The van der Waals surface area contributed by atoms with Crippen LogP contribution in [0.3, 0.4) is 0 Å². The fraction of sp³-hybridized carbons (Fsp3) is 0.333. The first-order chi connectivity index (χ1) is 8.08. The average molecular weight is 271 g/mol. The van der Waals surface area contributed by atoms with E-state index in [1.54, 1.807) is 25.1 Å². The standard InChI is InChI=1S/C12H12Cl2N2O/c1-7(15-16-12(17)8-2-3-8)10-6-9(13)4-5-11(10)14/h4-6,8H,2-3H2,1H3,(H,16,17)/b15-7+. The molecule has 1 amide bonds. The Kier molecular flexibility index (Phi) is 3.69. The SMILES string of the molecule is C/C(=N\NC(=O)C1CC1)c1cc(Cl)ccc1Cl. The van der Waals surface area contributed by atoms with Crippen molar-refractivity contribution in [2.75, 3.05) is 0 Å². The summed E-state index contributed by atoms with van der Waals surface area (Å²) in [4.78, 5) is 11.4. The number of benzene rings is 1. The van der Waals surface area contributed by atoms with Gasteiger partial charge in [-0.05, 0) is 38.0 Å². The zero-order valence-electron chi connectivity index (χ0n) is 9.34. The monoisotopic (exact) mass is 270 g/mol. The Hall–Kier alpha value is -1.06. The summed E-state index contributed by atoms with van der Waals surface area (Å²) in [6.45, 7) is 1.78. The van der Waals surface area contributed by atoms with Gasteiger partial charge in [-0.2, -0.15) is 5.10 Å². The van der Waals surface area contributed by atoms with Gasteiger partial charge in [0.15, 0.2) is 0 Å². The highest BCUT2D eigenvalue weighted by atomic mass is 35.5. The highest BCUT2D eigenvalue weighted by Gasteiger charge is 2.29. The smallest absolute Gasteiger partial charge is 0.243 e. The first-order valence-corrected chi connectivity index (χ1v) is 6.13. The largest absolute Gasteiger partial charge is 0.273 e. The summed E-state index contributed by atoms with van der Waals surface area (Å²) in [6, 6.07) is 5.15. The first kappa shape index (κ1) is 12.4. The number of hydrogen-bond donors (Lipinski definition) is 1. The van der Waals surface area contributed by atoms with E-state index in [0.29, 0.717) is 15.8 Å². The molecule has 1 aromatic carbocycles. The number of carbonyl (C=O) groups excluding carboxylic acids is 1. The van der Waals surface area contributed by atoms with Crippen molar-refractivity contribution >= 4 is 34.8 Å². The highest BCUT2D eigenvalue weighted by Crippen LogP contribution is 2.28. The lowest BCUT2D eigenvalue weighted by Crippen LogP contribution is -2.20. The molecule has 5 heteroatoms. The van der Waals surface area contributed by atoms with Crippen molar-refractivity contribution in [3.8, 4) is 0 Å². The third kappa shape index (κ3) is 3.20. The van der Waals surface area contributed by atoms with E-state index in [4.69, 9.17) is 23.2 Å². The lowest BCUT2D eigenvalue weighted by molar-refractivity contribution is -0.122. The molecule has 90 valence electrons. The number of nitrogens with zero attached hydrogens (tertiary/aromatic N) is 1. The second-order valence-corrected chi connectivity index (χ2v) is 4.92. The molecule has 0 spiro atoms. The van der Waals surface area contributed by atoms with Gasteiger partial charge in [0.2, 0.25) is 5.91 Å². The Bertz CT molecular complexity index is 481.